The Hall–Kier alpha value is -0.0800. The third-order valence-electron chi connectivity index (χ3n) is 1.78. The molecule has 0 aromatic carbocycles. The van der Waals surface area contributed by atoms with E-state index >= 15 is 0 Å². The highest BCUT2D eigenvalue weighted by atomic mass is 16.7. The average Bonchev–Trinajstić information content (AvgIpc) is 1.78. The van der Waals surface area contributed by atoms with Crippen molar-refractivity contribution in [1.82, 2.24) is 0 Å². The number of hydrogen-bond acceptors (Lipinski definition) is 1. The molecule has 2 heteroatoms. The lowest BCUT2D eigenvalue weighted by atomic mass is 9.88. The molecule has 0 saturated carbocycles. The van der Waals surface area contributed by atoms with Crippen LogP contribution in [0, 0.1) is 5.41 Å². The van der Waals surface area contributed by atoms with Gasteiger partial charge in [0.1, 0.15) is 6.10 Å². The summed E-state index contributed by atoms with van der Waals surface area (Å²) >= 11 is 0. The van der Waals surface area contributed by atoms with Gasteiger partial charge in [0.05, 0.1) is 21.1 Å². The lowest BCUT2D eigenvalue weighted by molar-refractivity contribution is -1.07. The summed E-state index contributed by atoms with van der Waals surface area (Å²) < 4.78 is 0.579. The summed E-state index contributed by atoms with van der Waals surface area (Å²) in [5.74, 6) is 0. The molecule has 0 aliphatic heterocycles. The molecular formula is C10H24NO+. The van der Waals surface area contributed by atoms with Gasteiger partial charge in [-0.1, -0.05) is 27.7 Å². The van der Waals surface area contributed by atoms with Gasteiger partial charge in [-0.3, -0.25) is 0 Å². The van der Waals surface area contributed by atoms with Crippen molar-refractivity contribution in [2.45, 2.75) is 40.2 Å². The van der Waals surface area contributed by atoms with Gasteiger partial charge in [0.15, 0.2) is 0 Å². The molecular weight excluding hydrogens is 150 g/mol. The highest BCUT2D eigenvalue weighted by Crippen LogP contribution is 2.26. The maximum Gasteiger partial charge on any atom is 0.121 e. The molecule has 0 fully saturated rings. The van der Waals surface area contributed by atoms with Crippen LogP contribution in [0.2, 0.25) is 0 Å². The van der Waals surface area contributed by atoms with Gasteiger partial charge in [0, 0.05) is 0 Å². The largest absolute Gasteiger partial charge is 0.200 e. The van der Waals surface area contributed by atoms with Crippen LogP contribution in [0.4, 0.5) is 0 Å². The predicted molar refractivity (Wildman–Crippen MR) is 52.7 cm³/mol. The van der Waals surface area contributed by atoms with Crippen LogP contribution in [0.1, 0.15) is 34.1 Å². The van der Waals surface area contributed by atoms with Gasteiger partial charge < -0.3 is 0 Å². The Bertz CT molecular complexity index is 130. The van der Waals surface area contributed by atoms with Gasteiger partial charge in [-0.25, -0.2) is 0 Å². The van der Waals surface area contributed by atoms with Crippen molar-refractivity contribution in [3.05, 3.63) is 0 Å². The van der Waals surface area contributed by atoms with E-state index in [9.17, 15) is 0 Å². The van der Waals surface area contributed by atoms with E-state index in [1.54, 1.807) is 0 Å². The minimum Gasteiger partial charge on any atom is -0.200 e. The lowest BCUT2D eigenvalue weighted by Gasteiger charge is -2.34. The van der Waals surface area contributed by atoms with E-state index in [0.29, 0.717) is 10.8 Å². The Labute approximate surface area is 77.1 Å². The van der Waals surface area contributed by atoms with Crippen LogP contribution < -0.4 is 0 Å². The van der Waals surface area contributed by atoms with Gasteiger partial charge in [-0.05, 0) is 11.8 Å². The van der Waals surface area contributed by atoms with E-state index in [0.717, 1.165) is 6.42 Å². The molecule has 0 spiro atoms. The Morgan fingerprint density at radius 1 is 1.17 bits per heavy atom. The fraction of sp³-hybridized carbons (Fsp3) is 1.00. The summed E-state index contributed by atoms with van der Waals surface area (Å²) in [6.07, 6.45) is 1.40. The number of rotatable bonds is 3. The fourth-order valence-corrected chi connectivity index (χ4v) is 1.23. The monoisotopic (exact) mass is 174 g/mol. The predicted octanol–water partition coefficient (Wildman–Crippen LogP) is 2.45. The third kappa shape index (κ3) is 4.73. The molecule has 74 valence electrons. The van der Waals surface area contributed by atoms with Gasteiger partial charge in [-0.2, -0.15) is 9.48 Å². The Kier molecular flexibility index (Phi) is 3.73. The summed E-state index contributed by atoms with van der Waals surface area (Å²) in [6.45, 7) is 8.83. The van der Waals surface area contributed by atoms with Crippen molar-refractivity contribution in [3.8, 4) is 0 Å². The van der Waals surface area contributed by atoms with E-state index in [4.69, 9.17) is 4.84 Å². The van der Waals surface area contributed by atoms with E-state index < -0.39 is 0 Å². The molecule has 0 rings (SSSR count). The van der Waals surface area contributed by atoms with Gasteiger partial charge in [-0.15, -0.1) is 0 Å². The van der Waals surface area contributed by atoms with Gasteiger partial charge in [0.2, 0.25) is 0 Å². The highest BCUT2D eigenvalue weighted by Gasteiger charge is 2.29. The lowest BCUT2D eigenvalue weighted by Crippen LogP contribution is -2.43. The molecule has 0 saturated heterocycles. The van der Waals surface area contributed by atoms with Crippen LogP contribution in [-0.2, 0) is 4.84 Å². The summed E-state index contributed by atoms with van der Waals surface area (Å²) in [5.41, 5.74) is 0.236. The first-order valence-electron chi connectivity index (χ1n) is 4.66. The zero-order chi connectivity index (χ0) is 9.99. The number of hydrogen-bond donors (Lipinski definition) is 0. The quantitative estimate of drug-likeness (QED) is 0.472. The average molecular weight is 174 g/mol. The van der Waals surface area contributed by atoms with Crippen LogP contribution in [0.3, 0.4) is 0 Å². The number of hydroxylamine groups is 3. The fourth-order valence-electron chi connectivity index (χ4n) is 1.23. The normalized spacial score (nSPS) is 16.2. The topological polar surface area (TPSA) is 9.23 Å². The maximum atomic E-state index is 5.89. The van der Waals surface area contributed by atoms with Gasteiger partial charge in [0.25, 0.3) is 0 Å². The van der Waals surface area contributed by atoms with Crippen molar-refractivity contribution in [3.63, 3.8) is 0 Å². The molecule has 2 nitrogen and oxygen atoms in total. The van der Waals surface area contributed by atoms with E-state index in [1.165, 1.54) is 0 Å². The Morgan fingerprint density at radius 3 is 1.67 bits per heavy atom. The van der Waals surface area contributed by atoms with Crippen molar-refractivity contribution in [2.24, 2.45) is 5.41 Å². The molecule has 0 radical (unpaired) electrons. The van der Waals surface area contributed by atoms with E-state index in [1.807, 2.05) is 0 Å². The molecule has 0 aliphatic rings. The maximum absolute atomic E-state index is 5.89. The SMILES string of the molecule is CCC(O[N+](C)(C)C)C(C)(C)C. The molecule has 0 aromatic heterocycles. The standard InChI is InChI=1S/C10H24NO/c1-8-9(10(2,3)4)12-11(5,6)7/h9H,8H2,1-7H3/q+1. The minimum absolute atomic E-state index is 0.236. The summed E-state index contributed by atoms with van der Waals surface area (Å²) in [7, 11) is 6.15. The molecule has 0 bridgehead atoms. The molecule has 0 aromatic rings. The van der Waals surface area contributed by atoms with Crippen LogP contribution in [0.5, 0.6) is 0 Å². The van der Waals surface area contributed by atoms with Crippen LogP contribution in [-0.4, -0.2) is 31.9 Å². The van der Waals surface area contributed by atoms with Crippen molar-refractivity contribution >= 4 is 0 Å². The molecule has 0 heterocycles. The van der Waals surface area contributed by atoms with Crippen LogP contribution in [0.25, 0.3) is 0 Å². The smallest absolute Gasteiger partial charge is 0.121 e. The van der Waals surface area contributed by atoms with Crippen molar-refractivity contribution < 1.29 is 9.48 Å². The van der Waals surface area contributed by atoms with E-state index in [-0.39, 0.29) is 5.41 Å². The Balaban J connectivity index is 4.20. The number of nitrogens with zero attached hydrogens (tertiary/aromatic N) is 1. The highest BCUT2D eigenvalue weighted by molar-refractivity contribution is 4.71. The van der Waals surface area contributed by atoms with Gasteiger partial charge >= 0.3 is 0 Å². The molecule has 0 N–H and O–H groups in total. The zero-order valence-corrected chi connectivity index (χ0v) is 9.64. The molecule has 0 aliphatic carbocycles. The van der Waals surface area contributed by atoms with Crippen LogP contribution >= 0.6 is 0 Å². The molecule has 1 unspecified atom stereocenters. The zero-order valence-electron chi connectivity index (χ0n) is 9.64. The first-order chi connectivity index (χ1) is 5.17. The number of quaternary nitrogens is 1. The van der Waals surface area contributed by atoms with Crippen LogP contribution in [0.15, 0.2) is 0 Å². The molecule has 0 amide bonds. The second kappa shape index (κ2) is 3.75. The first kappa shape index (κ1) is 11.9. The second-order valence-electron chi connectivity index (χ2n) is 5.26. The Morgan fingerprint density at radius 2 is 1.58 bits per heavy atom. The summed E-state index contributed by atoms with van der Waals surface area (Å²) in [6, 6.07) is 0. The second-order valence-corrected chi connectivity index (χ2v) is 5.26. The summed E-state index contributed by atoms with van der Waals surface area (Å²) in [5, 5.41) is 0. The third-order valence-corrected chi connectivity index (χ3v) is 1.78. The summed E-state index contributed by atoms with van der Waals surface area (Å²) in [4.78, 5) is 5.89. The molecule has 1 atom stereocenters. The molecule has 12 heavy (non-hydrogen) atoms. The van der Waals surface area contributed by atoms with E-state index in [2.05, 4.69) is 48.8 Å². The minimum atomic E-state index is 0.236. The first-order valence-corrected chi connectivity index (χ1v) is 4.66. The van der Waals surface area contributed by atoms with Crippen molar-refractivity contribution in [1.29, 1.82) is 0 Å². The van der Waals surface area contributed by atoms with Crippen molar-refractivity contribution in [2.75, 3.05) is 21.1 Å².